The van der Waals surface area contributed by atoms with E-state index < -0.39 is 4.92 Å². The average Bonchev–Trinajstić information content (AvgIpc) is 3.10. The Hall–Kier alpha value is -2.61. The lowest BCUT2D eigenvalue weighted by Gasteiger charge is -2.09. The van der Waals surface area contributed by atoms with E-state index in [0.717, 1.165) is 5.56 Å². The fraction of sp³-hybridized carbons (Fsp3) is 0.0556. The molecule has 2 aromatic carbocycles. The summed E-state index contributed by atoms with van der Waals surface area (Å²) in [6.45, 7) is 0.185. The van der Waals surface area contributed by atoms with Gasteiger partial charge in [0, 0.05) is 33.4 Å². The number of halogens is 2. The molecule has 1 heterocycles. The normalized spacial score (nSPS) is 10.4. The van der Waals surface area contributed by atoms with Crippen molar-refractivity contribution >= 4 is 51.8 Å². The fourth-order valence-corrected chi connectivity index (χ4v) is 3.42. The van der Waals surface area contributed by atoms with E-state index in [1.165, 1.54) is 35.6 Å². The summed E-state index contributed by atoms with van der Waals surface area (Å²) in [5.74, 6) is 0.0569. The summed E-state index contributed by atoms with van der Waals surface area (Å²) in [7, 11) is 0. The van der Waals surface area contributed by atoms with Crippen LogP contribution in [0.25, 0.3) is 0 Å². The van der Waals surface area contributed by atoms with Gasteiger partial charge < -0.3 is 10.1 Å². The highest BCUT2D eigenvalue weighted by molar-refractivity contribution is 7.12. The topological polar surface area (TPSA) is 81.5 Å². The van der Waals surface area contributed by atoms with Crippen LogP contribution in [0.5, 0.6) is 5.75 Å². The number of carbonyl (C=O) groups excluding carboxylic acids is 1. The molecule has 0 saturated carbocycles. The molecule has 9 heteroatoms. The second-order valence-corrected chi connectivity index (χ2v) is 7.16. The quantitative estimate of drug-likeness (QED) is 0.402. The number of amides is 1. The molecule has 138 valence electrons. The van der Waals surface area contributed by atoms with Gasteiger partial charge in [-0.05, 0) is 35.7 Å². The highest BCUT2D eigenvalue weighted by Gasteiger charge is 2.16. The summed E-state index contributed by atoms with van der Waals surface area (Å²) in [4.78, 5) is 23.0. The van der Waals surface area contributed by atoms with Gasteiger partial charge in [-0.2, -0.15) is 0 Å². The molecule has 0 spiro atoms. The zero-order chi connectivity index (χ0) is 19.4. The van der Waals surface area contributed by atoms with E-state index in [1.54, 1.807) is 29.6 Å². The van der Waals surface area contributed by atoms with Crippen LogP contribution < -0.4 is 10.1 Å². The third-order valence-electron chi connectivity index (χ3n) is 3.57. The van der Waals surface area contributed by atoms with Gasteiger partial charge in [0.2, 0.25) is 0 Å². The molecule has 6 nitrogen and oxygen atoms in total. The first-order valence-corrected chi connectivity index (χ1v) is 9.27. The van der Waals surface area contributed by atoms with Gasteiger partial charge in [-0.1, -0.05) is 29.3 Å². The Bertz CT molecular complexity index is 989. The number of nitro benzene ring substituents is 1. The SMILES string of the molecule is O=C(Nc1ccc([N+](=O)[O-])cc1)c1sccc1OCc1ccc(Cl)cc1Cl. The number of nitro groups is 1. The number of rotatable bonds is 6. The molecule has 1 amide bonds. The molecule has 0 saturated heterocycles. The zero-order valence-corrected chi connectivity index (χ0v) is 16.0. The van der Waals surface area contributed by atoms with Crippen molar-refractivity contribution < 1.29 is 14.5 Å². The number of carbonyl (C=O) groups is 1. The van der Waals surface area contributed by atoms with Crippen molar-refractivity contribution in [3.8, 4) is 5.75 Å². The lowest BCUT2D eigenvalue weighted by molar-refractivity contribution is -0.384. The Kier molecular flexibility index (Phi) is 5.95. The number of nitrogens with zero attached hydrogens (tertiary/aromatic N) is 1. The van der Waals surface area contributed by atoms with Gasteiger partial charge in [-0.3, -0.25) is 14.9 Å². The molecule has 0 aliphatic heterocycles. The summed E-state index contributed by atoms with van der Waals surface area (Å²) in [5, 5.41) is 16.1. The van der Waals surface area contributed by atoms with E-state index in [2.05, 4.69) is 5.32 Å². The van der Waals surface area contributed by atoms with Crippen LogP contribution in [0.2, 0.25) is 10.0 Å². The predicted octanol–water partition coefficient (Wildman–Crippen LogP) is 5.79. The van der Waals surface area contributed by atoms with Crippen molar-refractivity contribution in [2.75, 3.05) is 5.32 Å². The minimum absolute atomic E-state index is 0.0482. The van der Waals surface area contributed by atoms with Crippen LogP contribution in [0.4, 0.5) is 11.4 Å². The van der Waals surface area contributed by atoms with Crippen LogP contribution in [0.3, 0.4) is 0 Å². The van der Waals surface area contributed by atoms with Crippen LogP contribution in [0.15, 0.2) is 53.9 Å². The molecule has 0 radical (unpaired) electrons. The lowest BCUT2D eigenvalue weighted by Crippen LogP contribution is -2.11. The Morgan fingerprint density at radius 1 is 1.15 bits per heavy atom. The summed E-state index contributed by atoms with van der Waals surface area (Å²) in [5.41, 5.74) is 1.15. The molecule has 0 aliphatic carbocycles. The van der Waals surface area contributed by atoms with Gasteiger partial charge in [0.15, 0.2) is 0 Å². The molecule has 0 aliphatic rings. The van der Waals surface area contributed by atoms with E-state index in [0.29, 0.717) is 26.4 Å². The summed E-state index contributed by atoms with van der Waals surface area (Å²) < 4.78 is 5.73. The van der Waals surface area contributed by atoms with E-state index in [-0.39, 0.29) is 18.2 Å². The van der Waals surface area contributed by atoms with Crippen LogP contribution in [0.1, 0.15) is 15.2 Å². The second kappa shape index (κ2) is 8.39. The maximum Gasteiger partial charge on any atom is 0.269 e. The fourth-order valence-electron chi connectivity index (χ4n) is 2.23. The van der Waals surface area contributed by atoms with Crippen LogP contribution in [-0.4, -0.2) is 10.8 Å². The second-order valence-electron chi connectivity index (χ2n) is 5.40. The molecule has 0 unspecified atom stereocenters. The number of nitrogens with one attached hydrogen (secondary N) is 1. The number of thiophene rings is 1. The molecule has 0 bridgehead atoms. The number of hydrogen-bond donors (Lipinski definition) is 1. The molecule has 1 N–H and O–H groups in total. The highest BCUT2D eigenvalue weighted by Crippen LogP contribution is 2.28. The van der Waals surface area contributed by atoms with Crippen molar-refractivity contribution in [1.82, 2.24) is 0 Å². The maximum atomic E-state index is 12.5. The lowest BCUT2D eigenvalue weighted by atomic mass is 10.2. The standard InChI is InChI=1S/C18H12Cl2N2O4S/c19-12-2-1-11(15(20)9-12)10-26-16-7-8-27-17(16)18(23)21-13-3-5-14(6-4-13)22(24)25/h1-9H,10H2,(H,21,23). The molecular formula is C18H12Cl2N2O4S. The van der Waals surface area contributed by atoms with Crippen LogP contribution in [-0.2, 0) is 6.61 Å². The van der Waals surface area contributed by atoms with Gasteiger partial charge in [0.05, 0.1) is 4.92 Å². The number of anilines is 1. The number of hydrogen-bond acceptors (Lipinski definition) is 5. The Balaban J connectivity index is 1.68. The first kappa shape index (κ1) is 19.2. The van der Waals surface area contributed by atoms with E-state index in [9.17, 15) is 14.9 Å². The Morgan fingerprint density at radius 2 is 1.89 bits per heavy atom. The first-order valence-electron chi connectivity index (χ1n) is 7.64. The summed E-state index contributed by atoms with van der Waals surface area (Å²) >= 11 is 13.2. The minimum Gasteiger partial charge on any atom is -0.487 e. The monoisotopic (exact) mass is 422 g/mol. The van der Waals surface area contributed by atoms with Crippen LogP contribution >= 0.6 is 34.5 Å². The molecule has 3 aromatic rings. The number of ether oxygens (including phenoxy) is 1. The van der Waals surface area contributed by atoms with Crippen molar-refractivity contribution in [2.24, 2.45) is 0 Å². The van der Waals surface area contributed by atoms with Crippen molar-refractivity contribution in [3.05, 3.63) is 84.5 Å². The molecule has 1 aromatic heterocycles. The third kappa shape index (κ3) is 4.77. The van der Waals surface area contributed by atoms with E-state index >= 15 is 0 Å². The Labute approximate surface area is 168 Å². The summed E-state index contributed by atoms with van der Waals surface area (Å²) in [6, 6.07) is 12.4. The third-order valence-corrected chi connectivity index (χ3v) is 5.05. The maximum absolute atomic E-state index is 12.5. The molecule has 0 fully saturated rings. The smallest absolute Gasteiger partial charge is 0.269 e. The van der Waals surface area contributed by atoms with Gasteiger partial charge in [0.1, 0.15) is 17.2 Å². The molecule has 27 heavy (non-hydrogen) atoms. The Morgan fingerprint density at radius 3 is 2.56 bits per heavy atom. The molecule has 3 rings (SSSR count). The summed E-state index contributed by atoms with van der Waals surface area (Å²) in [6.07, 6.45) is 0. The van der Waals surface area contributed by atoms with Crippen LogP contribution in [0, 0.1) is 10.1 Å². The first-order chi connectivity index (χ1) is 12.9. The molecular weight excluding hydrogens is 411 g/mol. The minimum atomic E-state index is -0.501. The van der Waals surface area contributed by atoms with Crippen molar-refractivity contribution in [1.29, 1.82) is 0 Å². The number of non-ortho nitro benzene ring substituents is 1. The highest BCUT2D eigenvalue weighted by atomic mass is 35.5. The zero-order valence-electron chi connectivity index (χ0n) is 13.6. The van der Waals surface area contributed by atoms with E-state index in [4.69, 9.17) is 27.9 Å². The number of benzene rings is 2. The van der Waals surface area contributed by atoms with Gasteiger partial charge >= 0.3 is 0 Å². The van der Waals surface area contributed by atoms with Crippen molar-refractivity contribution in [3.63, 3.8) is 0 Å². The van der Waals surface area contributed by atoms with E-state index in [1.807, 2.05) is 0 Å². The van der Waals surface area contributed by atoms with Gasteiger partial charge in [0.25, 0.3) is 11.6 Å². The van der Waals surface area contributed by atoms with Crippen molar-refractivity contribution in [2.45, 2.75) is 6.61 Å². The van der Waals surface area contributed by atoms with Gasteiger partial charge in [-0.15, -0.1) is 11.3 Å². The largest absolute Gasteiger partial charge is 0.487 e. The molecule has 0 atom stereocenters. The average molecular weight is 423 g/mol. The predicted molar refractivity (Wildman–Crippen MR) is 106 cm³/mol. The van der Waals surface area contributed by atoms with Gasteiger partial charge in [-0.25, -0.2) is 0 Å².